The first kappa shape index (κ1) is 15.4. The standard InChI is InChI=1S/C12H19N3O3S/c1-8-10(19-9(2)14-8)4-6-13-12(18)15(3)7-5-11(16)17/h4-7H2,1-3H3,(H,13,18)(H,16,17). The van der Waals surface area contributed by atoms with Crippen LogP contribution in [0, 0.1) is 13.8 Å². The van der Waals surface area contributed by atoms with Crippen molar-refractivity contribution in [1.29, 1.82) is 0 Å². The number of aryl methyl sites for hydroxylation is 2. The zero-order valence-electron chi connectivity index (χ0n) is 11.4. The van der Waals surface area contributed by atoms with Crippen molar-refractivity contribution in [1.82, 2.24) is 15.2 Å². The average molecular weight is 285 g/mol. The number of carboxylic acid groups (broad SMARTS) is 1. The van der Waals surface area contributed by atoms with E-state index < -0.39 is 5.97 Å². The number of carbonyl (C=O) groups excluding carboxylic acids is 1. The number of thiazole rings is 1. The molecule has 6 nitrogen and oxygen atoms in total. The third kappa shape index (κ3) is 5.25. The van der Waals surface area contributed by atoms with E-state index in [1.165, 1.54) is 9.78 Å². The van der Waals surface area contributed by atoms with Crippen LogP contribution in [0.5, 0.6) is 0 Å². The van der Waals surface area contributed by atoms with Gasteiger partial charge in [0.25, 0.3) is 0 Å². The predicted molar refractivity (Wildman–Crippen MR) is 73.6 cm³/mol. The third-order valence-corrected chi connectivity index (χ3v) is 3.77. The minimum Gasteiger partial charge on any atom is -0.481 e. The Morgan fingerprint density at radius 3 is 2.63 bits per heavy atom. The van der Waals surface area contributed by atoms with Crippen molar-refractivity contribution in [2.45, 2.75) is 26.7 Å². The second-order valence-electron chi connectivity index (χ2n) is 4.29. The molecule has 0 unspecified atom stereocenters. The zero-order valence-corrected chi connectivity index (χ0v) is 12.2. The van der Waals surface area contributed by atoms with Crippen molar-refractivity contribution >= 4 is 23.3 Å². The lowest BCUT2D eigenvalue weighted by Crippen LogP contribution is -2.39. The number of aromatic nitrogens is 1. The van der Waals surface area contributed by atoms with Gasteiger partial charge >= 0.3 is 12.0 Å². The Morgan fingerprint density at radius 1 is 1.42 bits per heavy atom. The number of carbonyl (C=O) groups is 2. The molecule has 0 aliphatic rings. The van der Waals surface area contributed by atoms with Gasteiger partial charge < -0.3 is 15.3 Å². The van der Waals surface area contributed by atoms with Crippen molar-refractivity contribution in [2.24, 2.45) is 0 Å². The molecule has 1 aromatic heterocycles. The van der Waals surface area contributed by atoms with Gasteiger partial charge in [-0.1, -0.05) is 0 Å². The molecule has 0 aliphatic heterocycles. The Kier molecular flexibility index (Phi) is 5.75. The van der Waals surface area contributed by atoms with E-state index in [9.17, 15) is 9.59 Å². The maximum atomic E-state index is 11.6. The van der Waals surface area contributed by atoms with Gasteiger partial charge in [-0.2, -0.15) is 0 Å². The third-order valence-electron chi connectivity index (χ3n) is 2.64. The van der Waals surface area contributed by atoms with Crippen LogP contribution >= 0.6 is 11.3 Å². The van der Waals surface area contributed by atoms with Gasteiger partial charge in [-0.3, -0.25) is 4.79 Å². The largest absolute Gasteiger partial charge is 0.481 e. The van der Waals surface area contributed by atoms with Gasteiger partial charge in [0.2, 0.25) is 0 Å². The van der Waals surface area contributed by atoms with Crippen LogP contribution in [0.25, 0.3) is 0 Å². The van der Waals surface area contributed by atoms with E-state index in [1.54, 1.807) is 18.4 Å². The van der Waals surface area contributed by atoms with Crippen molar-refractivity contribution < 1.29 is 14.7 Å². The molecule has 0 fully saturated rings. The molecule has 0 spiro atoms. The highest BCUT2D eigenvalue weighted by molar-refractivity contribution is 7.11. The maximum Gasteiger partial charge on any atom is 0.317 e. The second kappa shape index (κ2) is 7.08. The molecule has 1 heterocycles. The molecule has 2 amide bonds. The van der Waals surface area contributed by atoms with E-state index in [0.29, 0.717) is 6.54 Å². The summed E-state index contributed by atoms with van der Waals surface area (Å²) in [5, 5.41) is 12.3. The van der Waals surface area contributed by atoms with Crippen molar-refractivity contribution in [2.75, 3.05) is 20.1 Å². The summed E-state index contributed by atoms with van der Waals surface area (Å²) < 4.78 is 0. The average Bonchev–Trinajstić information content (AvgIpc) is 2.64. The molecule has 0 saturated carbocycles. The lowest BCUT2D eigenvalue weighted by atomic mass is 10.3. The zero-order chi connectivity index (χ0) is 14.4. The number of urea groups is 1. The van der Waals surface area contributed by atoms with Crippen LogP contribution in [0.4, 0.5) is 4.79 Å². The molecule has 0 saturated heterocycles. The van der Waals surface area contributed by atoms with Gasteiger partial charge in [-0.25, -0.2) is 9.78 Å². The summed E-state index contributed by atoms with van der Waals surface area (Å²) in [5.41, 5.74) is 1.01. The van der Waals surface area contributed by atoms with Crippen LogP contribution in [0.1, 0.15) is 22.0 Å². The minimum absolute atomic E-state index is 0.0446. The fraction of sp³-hybridized carbons (Fsp3) is 0.583. The molecule has 1 aromatic rings. The molecule has 0 atom stereocenters. The smallest absolute Gasteiger partial charge is 0.317 e. The van der Waals surface area contributed by atoms with E-state index in [4.69, 9.17) is 5.11 Å². The van der Waals surface area contributed by atoms with Crippen LogP contribution in [0.2, 0.25) is 0 Å². The molecular weight excluding hydrogens is 266 g/mol. The van der Waals surface area contributed by atoms with Gasteiger partial charge in [0.1, 0.15) is 0 Å². The Balaban J connectivity index is 2.30. The fourth-order valence-corrected chi connectivity index (χ4v) is 2.52. The van der Waals surface area contributed by atoms with Gasteiger partial charge in [0.15, 0.2) is 0 Å². The van der Waals surface area contributed by atoms with Gasteiger partial charge in [0, 0.05) is 31.4 Å². The highest BCUT2D eigenvalue weighted by Gasteiger charge is 2.10. The highest BCUT2D eigenvalue weighted by atomic mass is 32.1. The topological polar surface area (TPSA) is 82.5 Å². The van der Waals surface area contributed by atoms with Crippen LogP contribution in [-0.2, 0) is 11.2 Å². The molecular formula is C12H19N3O3S. The number of nitrogens with zero attached hydrogens (tertiary/aromatic N) is 2. The summed E-state index contributed by atoms with van der Waals surface area (Å²) in [6.45, 7) is 4.65. The number of hydrogen-bond donors (Lipinski definition) is 2. The number of aliphatic carboxylic acids is 1. The molecule has 1 rings (SSSR count). The molecule has 0 radical (unpaired) electrons. The number of carboxylic acids is 1. The number of rotatable bonds is 6. The van der Waals surface area contributed by atoms with Crippen LogP contribution in [0.15, 0.2) is 0 Å². The Morgan fingerprint density at radius 2 is 2.11 bits per heavy atom. The summed E-state index contributed by atoms with van der Waals surface area (Å²) in [5.74, 6) is -0.907. The summed E-state index contributed by atoms with van der Waals surface area (Å²) in [4.78, 5) is 28.9. The lowest BCUT2D eigenvalue weighted by Gasteiger charge is -2.16. The molecule has 0 bridgehead atoms. The Bertz CT molecular complexity index is 459. The molecule has 106 valence electrons. The van der Waals surface area contributed by atoms with Crippen LogP contribution in [0.3, 0.4) is 0 Å². The van der Waals surface area contributed by atoms with E-state index >= 15 is 0 Å². The number of nitrogens with one attached hydrogen (secondary N) is 1. The van der Waals surface area contributed by atoms with Gasteiger partial charge in [-0.05, 0) is 13.8 Å². The quantitative estimate of drug-likeness (QED) is 0.828. The first-order valence-electron chi connectivity index (χ1n) is 6.04. The SMILES string of the molecule is Cc1nc(C)c(CCNC(=O)N(C)CCC(=O)O)s1. The molecule has 7 heteroatoms. The molecule has 19 heavy (non-hydrogen) atoms. The molecule has 0 aromatic carbocycles. The highest BCUT2D eigenvalue weighted by Crippen LogP contribution is 2.16. The molecule has 0 aliphatic carbocycles. The lowest BCUT2D eigenvalue weighted by molar-refractivity contribution is -0.137. The van der Waals surface area contributed by atoms with E-state index in [-0.39, 0.29) is 19.0 Å². The second-order valence-corrected chi connectivity index (χ2v) is 5.58. The predicted octanol–water partition coefficient (Wildman–Crippen LogP) is 1.42. The van der Waals surface area contributed by atoms with E-state index in [2.05, 4.69) is 10.3 Å². The van der Waals surface area contributed by atoms with Gasteiger partial charge in [0.05, 0.1) is 17.1 Å². The van der Waals surface area contributed by atoms with Gasteiger partial charge in [-0.15, -0.1) is 11.3 Å². The van der Waals surface area contributed by atoms with Crippen molar-refractivity contribution in [3.05, 3.63) is 15.6 Å². The number of hydrogen-bond acceptors (Lipinski definition) is 4. The minimum atomic E-state index is -0.907. The number of amides is 2. The normalized spacial score (nSPS) is 10.3. The van der Waals surface area contributed by atoms with Crippen LogP contribution < -0.4 is 5.32 Å². The summed E-state index contributed by atoms with van der Waals surface area (Å²) in [7, 11) is 1.58. The first-order valence-corrected chi connectivity index (χ1v) is 6.85. The van der Waals surface area contributed by atoms with Crippen molar-refractivity contribution in [3.63, 3.8) is 0 Å². The summed E-state index contributed by atoms with van der Waals surface area (Å²) in [6, 6.07) is -0.250. The Hall–Kier alpha value is -1.63. The van der Waals surface area contributed by atoms with Crippen molar-refractivity contribution in [3.8, 4) is 0 Å². The van der Waals surface area contributed by atoms with E-state index in [1.807, 2.05) is 13.8 Å². The summed E-state index contributed by atoms with van der Waals surface area (Å²) >= 11 is 1.63. The molecule has 2 N–H and O–H groups in total. The first-order chi connectivity index (χ1) is 8.90. The fourth-order valence-electron chi connectivity index (χ4n) is 1.59. The maximum absolute atomic E-state index is 11.6. The summed E-state index contributed by atoms with van der Waals surface area (Å²) in [6.07, 6.45) is 0.701. The van der Waals surface area contributed by atoms with Crippen LogP contribution in [-0.4, -0.2) is 47.1 Å². The Labute approximate surface area is 116 Å². The monoisotopic (exact) mass is 285 g/mol. The van der Waals surface area contributed by atoms with E-state index in [0.717, 1.165) is 17.1 Å².